The number of hydrogen-bond acceptors (Lipinski definition) is 2. The Morgan fingerprint density at radius 1 is 1.33 bits per heavy atom. The molecule has 0 aromatic rings. The number of hydrogen-bond donors (Lipinski definition) is 2. The third kappa shape index (κ3) is 4.73. The van der Waals surface area contributed by atoms with Gasteiger partial charge in [0.25, 0.3) is 0 Å². The van der Waals surface area contributed by atoms with E-state index in [0.717, 1.165) is 12.6 Å². The standard InChI is InChI=1S/C8H18N2.C2H6/c1-7-4-3-5-8(10-7)6-9-2;1-2/h7-10H,3-6H2,1-2H3;1-2H3. The summed E-state index contributed by atoms with van der Waals surface area (Å²) in [5, 5.41) is 6.75. The summed E-state index contributed by atoms with van der Waals surface area (Å²) in [6.45, 7) is 7.38. The van der Waals surface area contributed by atoms with Crippen molar-refractivity contribution in [1.29, 1.82) is 0 Å². The minimum absolute atomic E-state index is 0.716. The molecular formula is C10H24N2. The molecule has 2 N–H and O–H groups in total. The lowest BCUT2D eigenvalue weighted by Crippen LogP contribution is -2.45. The van der Waals surface area contributed by atoms with E-state index in [4.69, 9.17) is 0 Å². The van der Waals surface area contributed by atoms with Gasteiger partial charge < -0.3 is 10.6 Å². The van der Waals surface area contributed by atoms with Crippen molar-refractivity contribution in [2.75, 3.05) is 13.6 Å². The number of rotatable bonds is 2. The molecule has 2 heteroatoms. The molecule has 1 saturated heterocycles. The van der Waals surface area contributed by atoms with Crippen LogP contribution in [-0.2, 0) is 0 Å². The summed E-state index contributed by atoms with van der Waals surface area (Å²) in [6.07, 6.45) is 4.08. The molecule has 0 bridgehead atoms. The van der Waals surface area contributed by atoms with Crippen molar-refractivity contribution in [2.24, 2.45) is 0 Å². The summed E-state index contributed by atoms with van der Waals surface area (Å²) >= 11 is 0. The van der Waals surface area contributed by atoms with E-state index in [2.05, 4.69) is 17.6 Å². The molecule has 1 heterocycles. The fourth-order valence-corrected chi connectivity index (χ4v) is 1.65. The zero-order chi connectivity index (χ0) is 9.40. The molecule has 1 fully saturated rings. The van der Waals surface area contributed by atoms with Crippen LogP contribution in [0.4, 0.5) is 0 Å². The van der Waals surface area contributed by atoms with Crippen molar-refractivity contribution in [3.05, 3.63) is 0 Å². The van der Waals surface area contributed by atoms with Crippen LogP contribution in [0.5, 0.6) is 0 Å². The van der Waals surface area contributed by atoms with Gasteiger partial charge in [-0.05, 0) is 26.8 Å². The average Bonchev–Trinajstić information content (AvgIpc) is 2.09. The molecule has 0 saturated carbocycles. The highest BCUT2D eigenvalue weighted by Gasteiger charge is 2.15. The third-order valence-electron chi connectivity index (χ3n) is 2.16. The Labute approximate surface area is 77.1 Å². The van der Waals surface area contributed by atoms with Crippen molar-refractivity contribution in [3.8, 4) is 0 Å². The van der Waals surface area contributed by atoms with Gasteiger partial charge in [0.15, 0.2) is 0 Å². The van der Waals surface area contributed by atoms with Gasteiger partial charge in [0.05, 0.1) is 0 Å². The molecule has 0 aromatic heterocycles. The average molecular weight is 172 g/mol. The van der Waals surface area contributed by atoms with Gasteiger partial charge in [-0.3, -0.25) is 0 Å². The van der Waals surface area contributed by atoms with Crippen molar-refractivity contribution in [2.45, 2.75) is 52.1 Å². The van der Waals surface area contributed by atoms with Gasteiger partial charge in [-0.2, -0.15) is 0 Å². The Morgan fingerprint density at radius 3 is 2.50 bits per heavy atom. The van der Waals surface area contributed by atoms with Crippen molar-refractivity contribution in [1.82, 2.24) is 10.6 Å². The Balaban J connectivity index is 0.000000561. The molecule has 0 aliphatic carbocycles. The first kappa shape index (κ1) is 11.9. The maximum atomic E-state index is 3.55. The zero-order valence-electron chi connectivity index (χ0n) is 8.98. The normalized spacial score (nSPS) is 29.0. The van der Waals surface area contributed by atoms with Gasteiger partial charge in [-0.25, -0.2) is 0 Å². The summed E-state index contributed by atoms with van der Waals surface area (Å²) in [5.41, 5.74) is 0. The number of nitrogens with one attached hydrogen (secondary N) is 2. The second kappa shape index (κ2) is 7.56. The van der Waals surface area contributed by atoms with Crippen molar-refractivity contribution in [3.63, 3.8) is 0 Å². The second-order valence-electron chi connectivity index (χ2n) is 3.25. The highest BCUT2D eigenvalue weighted by atomic mass is 15.0. The monoisotopic (exact) mass is 172 g/mol. The SMILES string of the molecule is CC.CNCC1CCCC(C)N1. The van der Waals surface area contributed by atoms with Gasteiger partial charge in [-0.15, -0.1) is 0 Å². The van der Waals surface area contributed by atoms with Crippen LogP contribution in [0.1, 0.15) is 40.0 Å². The van der Waals surface area contributed by atoms with Gasteiger partial charge in [-0.1, -0.05) is 20.3 Å². The van der Waals surface area contributed by atoms with Crippen LogP contribution in [0.25, 0.3) is 0 Å². The fraction of sp³-hybridized carbons (Fsp3) is 1.00. The molecule has 2 atom stereocenters. The first-order chi connectivity index (χ1) is 5.83. The van der Waals surface area contributed by atoms with Gasteiger partial charge >= 0.3 is 0 Å². The summed E-state index contributed by atoms with van der Waals surface area (Å²) < 4.78 is 0. The van der Waals surface area contributed by atoms with Gasteiger partial charge in [0.2, 0.25) is 0 Å². The van der Waals surface area contributed by atoms with Crippen LogP contribution in [-0.4, -0.2) is 25.7 Å². The van der Waals surface area contributed by atoms with E-state index in [9.17, 15) is 0 Å². The molecular weight excluding hydrogens is 148 g/mol. The molecule has 2 nitrogen and oxygen atoms in total. The summed E-state index contributed by atoms with van der Waals surface area (Å²) in [7, 11) is 2.01. The predicted molar refractivity (Wildman–Crippen MR) is 55.5 cm³/mol. The Bertz CT molecular complexity index is 91.8. The number of piperidine rings is 1. The molecule has 1 aliphatic heterocycles. The van der Waals surface area contributed by atoms with E-state index >= 15 is 0 Å². The zero-order valence-corrected chi connectivity index (χ0v) is 8.98. The van der Waals surface area contributed by atoms with Crippen LogP contribution < -0.4 is 10.6 Å². The largest absolute Gasteiger partial charge is 0.318 e. The first-order valence-corrected chi connectivity index (χ1v) is 5.23. The molecule has 2 unspecified atom stereocenters. The van der Waals surface area contributed by atoms with Crippen LogP contribution >= 0.6 is 0 Å². The molecule has 74 valence electrons. The minimum Gasteiger partial charge on any atom is -0.318 e. The Hall–Kier alpha value is -0.0800. The molecule has 0 aromatic carbocycles. The maximum absolute atomic E-state index is 3.55. The molecule has 1 aliphatic rings. The van der Waals surface area contributed by atoms with Crippen LogP contribution in [0.2, 0.25) is 0 Å². The topological polar surface area (TPSA) is 24.1 Å². The second-order valence-corrected chi connectivity index (χ2v) is 3.25. The molecule has 12 heavy (non-hydrogen) atoms. The quantitative estimate of drug-likeness (QED) is 0.663. The van der Waals surface area contributed by atoms with Crippen LogP contribution in [0, 0.1) is 0 Å². The van der Waals surface area contributed by atoms with E-state index in [1.165, 1.54) is 19.3 Å². The highest BCUT2D eigenvalue weighted by Crippen LogP contribution is 2.10. The van der Waals surface area contributed by atoms with E-state index in [1.807, 2.05) is 20.9 Å². The fourth-order valence-electron chi connectivity index (χ4n) is 1.65. The lowest BCUT2D eigenvalue weighted by Gasteiger charge is -2.28. The van der Waals surface area contributed by atoms with E-state index in [-0.39, 0.29) is 0 Å². The Morgan fingerprint density at radius 2 is 2.00 bits per heavy atom. The molecule has 0 radical (unpaired) electrons. The summed E-state index contributed by atoms with van der Waals surface area (Å²) in [4.78, 5) is 0. The van der Waals surface area contributed by atoms with Crippen LogP contribution in [0.15, 0.2) is 0 Å². The minimum atomic E-state index is 0.716. The van der Waals surface area contributed by atoms with Gasteiger partial charge in [0.1, 0.15) is 0 Å². The van der Waals surface area contributed by atoms with E-state index in [0.29, 0.717) is 6.04 Å². The summed E-state index contributed by atoms with van der Waals surface area (Å²) in [6, 6.07) is 1.45. The lowest BCUT2D eigenvalue weighted by atomic mass is 10.00. The molecule has 0 amide bonds. The van der Waals surface area contributed by atoms with E-state index in [1.54, 1.807) is 0 Å². The van der Waals surface area contributed by atoms with Crippen LogP contribution in [0.3, 0.4) is 0 Å². The third-order valence-corrected chi connectivity index (χ3v) is 2.16. The maximum Gasteiger partial charge on any atom is 0.0194 e. The predicted octanol–water partition coefficient (Wildman–Crippen LogP) is 1.76. The highest BCUT2D eigenvalue weighted by molar-refractivity contribution is 4.78. The first-order valence-electron chi connectivity index (χ1n) is 5.23. The summed E-state index contributed by atoms with van der Waals surface area (Å²) in [5.74, 6) is 0. The smallest absolute Gasteiger partial charge is 0.0194 e. The molecule has 0 spiro atoms. The van der Waals surface area contributed by atoms with Crippen molar-refractivity contribution >= 4 is 0 Å². The van der Waals surface area contributed by atoms with Crippen molar-refractivity contribution < 1.29 is 0 Å². The Kier molecular flexibility index (Phi) is 7.51. The van der Waals surface area contributed by atoms with E-state index < -0.39 is 0 Å². The number of likely N-dealkylation sites (N-methyl/N-ethyl adjacent to an activating group) is 1. The lowest BCUT2D eigenvalue weighted by molar-refractivity contribution is 0.329. The molecule has 1 rings (SSSR count). The van der Waals surface area contributed by atoms with Gasteiger partial charge in [0, 0.05) is 18.6 Å².